The van der Waals surface area contributed by atoms with E-state index in [0.29, 0.717) is 27.6 Å². The number of nitrogens with two attached hydrogens (primary N) is 1. The van der Waals surface area contributed by atoms with Gasteiger partial charge in [0.1, 0.15) is 5.75 Å². The molecule has 0 atom stereocenters. The molecule has 2 rings (SSSR count). The summed E-state index contributed by atoms with van der Waals surface area (Å²) >= 11 is 5.99. The summed E-state index contributed by atoms with van der Waals surface area (Å²) < 4.78 is 5.04. The van der Waals surface area contributed by atoms with Gasteiger partial charge in [-0.3, -0.25) is 4.79 Å². The third-order valence-corrected chi connectivity index (χ3v) is 2.86. The quantitative estimate of drug-likeness (QED) is 0.682. The van der Waals surface area contributed by atoms with E-state index in [1.807, 2.05) is 0 Å². The molecular weight excluding hydrogens is 250 g/mol. The Hall–Kier alpha value is -2.00. The molecular formula is C14H12ClNO2. The van der Waals surface area contributed by atoms with Crippen molar-refractivity contribution in [2.75, 3.05) is 12.8 Å². The van der Waals surface area contributed by atoms with Crippen LogP contribution in [0.2, 0.25) is 5.02 Å². The standard InChI is InChI=1S/C14H12ClNO2/c1-18-13-6-5-10(8-12(13)15)14(17)9-3-2-4-11(16)7-9/h2-8H,16H2,1H3. The minimum absolute atomic E-state index is 0.119. The minimum Gasteiger partial charge on any atom is -0.495 e. The van der Waals surface area contributed by atoms with Crippen LogP contribution in [0.15, 0.2) is 42.5 Å². The summed E-state index contributed by atoms with van der Waals surface area (Å²) in [5, 5.41) is 0.409. The largest absolute Gasteiger partial charge is 0.495 e. The number of benzene rings is 2. The number of carbonyl (C=O) groups is 1. The highest BCUT2D eigenvalue weighted by Gasteiger charge is 2.11. The normalized spacial score (nSPS) is 10.1. The molecule has 0 aliphatic heterocycles. The fourth-order valence-electron chi connectivity index (χ4n) is 1.65. The second kappa shape index (κ2) is 5.10. The Labute approximate surface area is 110 Å². The van der Waals surface area contributed by atoms with Gasteiger partial charge < -0.3 is 10.5 Å². The van der Waals surface area contributed by atoms with Crippen LogP contribution in [0.25, 0.3) is 0 Å². The molecule has 0 aliphatic carbocycles. The number of carbonyl (C=O) groups excluding carboxylic acids is 1. The highest BCUT2D eigenvalue weighted by atomic mass is 35.5. The number of hydrogen-bond donors (Lipinski definition) is 1. The van der Waals surface area contributed by atoms with Crippen molar-refractivity contribution in [1.82, 2.24) is 0 Å². The first-order valence-electron chi connectivity index (χ1n) is 5.35. The van der Waals surface area contributed by atoms with Crippen molar-refractivity contribution in [2.45, 2.75) is 0 Å². The molecule has 0 fully saturated rings. The molecule has 0 spiro atoms. The van der Waals surface area contributed by atoms with Gasteiger partial charge in [0.05, 0.1) is 12.1 Å². The lowest BCUT2D eigenvalue weighted by Gasteiger charge is -2.06. The number of ketones is 1. The Bertz CT molecular complexity index is 596. The van der Waals surface area contributed by atoms with Crippen LogP contribution in [-0.2, 0) is 0 Å². The van der Waals surface area contributed by atoms with E-state index >= 15 is 0 Å². The van der Waals surface area contributed by atoms with E-state index in [0.717, 1.165) is 0 Å². The summed E-state index contributed by atoms with van der Waals surface area (Å²) in [6.45, 7) is 0. The van der Waals surface area contributed by atoms with Gasteiger partial charge >= 0.3 is 0 Å². The Kier molecular flexibility index (Phi) is 3.53. The third kappa shape index (κ3) is 2.46. The van der Waals surface area contributed by atoms with Gasteiger partial charge in [0.15, 0.2) is 5.78 Å². The molecule has 92 valence electrons. The Balaban J connectivity index is 2.37. The van der Waals surface area contributed by atoms with Crippen molar-refractivity contribution in [3.05, 3.63) is 58.6 Å². The van der Waals surface area contributed by atoms with Gasteiger partial charge in [-0.25, -0.2) is 0 Å². The van der Waals surface area contributed by atoms with Crippen molar-refractivity contribution >= 4 is 23.1 Å². The monoisotopic (exact) mass is 261 g/mol. The van der Waals surface area contributed by atoms with Crippen molar-refractivity contribution < 1.29 is 9.53 Å². The zero-order valence-corrected chi connectivity index (χ0v) is 10.6. The van der Waals surface area contributed by atoms with Gasteiger partial charge in [-0.1, -0.05) is 23.7 Å². The SMILES string of the molecule is COc1ccc(C(=O)c2cccc(N)c2)cc1Cl. The molecule has 4 heteroatoms. The average Bonchev–Trinajstić information content (AvgIpc) is 2.37. The molecule has 2 aromatic carbocycles. The molecule has 0 saturated heterocycles. The van der Waals surface area contributed by atoms with Crippen LogP contribution < -0.4 is 10.5 Å². The minimum atomic E-state index is -0.119. The molecule has 0 saturated carbocycles. The van der Waals surface area contributed by atoms with Crippen LogP contribution in [0.3, 0.4) is 0 Å². The van der Waals surface area contributed by atoms with E-state index in [1.54, 1.807) is 42.5 Å². The van der Waals surface area contributed by atoms with Crippen LogP contribution in [0.4, 0.5) is 5.69 Å². The lowest BCUT2D eigenvalue weighted by atomic mass is 10.0. The third-order valence-electron chi connectivity index (χ3n) is 2.56. The number of halogens is 1. The van der Waals surface area contributed by atoms with E-state index < -0.39 is 0 Å². The summed E-state index contributed by atoms with van der Waals surface area (Å²) in [7, 11) is 1.53. The van der Waals surface area contributed by atoms with E-state index in [4.69, 9.17) is 22.1 Å². The maximum atomic E-state index is 12.2. The molecule has 0 aliphatic rings. The highest BCUT2D eigenvalue weighted by Crippen LogP contribution is 2.26. The smallest absolute Gasteiger partial charge is 0.193 e. The van der Waals surface area contributed by atoms with Crippen LogP contribution in [0.5, 0.6) is 5.75 Å². The first kappa shape index (κ1) is 12.5. The molecule has 2 aromatic rings. The van der Waals surface area contributed by atoms with Gasteiger partial charge in [0, 0.05) is 16.8 Å². The fraction of sp³-hybridized carbons (Fsp3) is 0.0714. The number of anilines is 1. The van der Waals surface area contributed by atoms with Gasteiger partial charge in [-0.15, -0.1) is 0 Å². The molecule has 0 unspecified atom stereocenters. The van der Waals surface area contributed by atoms with Gasteiger partial charge in [0.25, 0.3) is 0 Å². The van der Waals surface area contributed by atoms with E-state index in [1.165, 1.54) is 7.11 Å². The summed E-state index contributed by atoms with van der Waals surface area (Å²) in [6.07, 6.45) is 0. The van der Waals surface area contributed by atoms with Crippen LogP contribution >= 0.6 is 11.6 Å². The Morgan fingerprint density at radius 2 is 1.89 bits per heavy atom. The number of rotatable bonds is 3. The van der Waals surface area contributed by atoms with E-state index in [-0.39, 0.29) is 5.78 Å². The first-order chi connectivity index (χ1) is 8.61. The topological polar surface area (TPSA) is 52.3 Å². The molecule has 0 bridgehead atoms. The van der Waals surface area contributed by atoms with Crippen molar-refractivity contribution in [3.63, 3.8) is 0 Å². The second-order valence-corrected chi connectivity index (χ2v) is 4.21. The molecule has 0 aromatic heterocycles. The molecule has 0 heterocycles. The fourth-order valence-corrected chi connectivity index (χ4v) is 1.91. The lowest BCUT2D eigenvalue weighted by Crippen LogP contribution is -2.02. The van der Waals surface area contributed by atoms with Crippen LogP contribution in [-0.4, -0.2) is 12.9 Å². The highest BCUT2D eigenvalue weighted by molar-refractivity contribution is 6.32. The maximum absolute atomic E-state index is 12.2. The summed E-state index contributed by atoms with van der Waals surface area (Å²) in [5.41, 5.74) is 7.25. The maximum Gasteiger partial charge on any atom is 0.193 e. The molecule has 18 heavy (non-hydrogen) atoms. The number of hydrogen-bond acceptors (Lipinski definition) is 3. The molecule has 2 N–H and O–H groups in total. The second-order valence-electron chi connectivity index (χ2n) is 3.80. The predicted octanol–water partition coefficient (Wildman–Crippen LogP) is 3.16. The summed E-state index contributed by atoms with van der Waals surface area (Å²) in [6, 6.07) is 11.8. The van der Waals surface area contributed by atoms with Crippen LogP contribution in [0.1, 0.15) is 15.9 Å². The number of methoxy groups -OCH3 is 1. The molecule has 0 radical (unpaired) electrons. The number of nitrogen functional groups attached to an aromatic ring is 1. The van der Waals surface area contributed by atoms with Crippen molar-refractivity contribution in [3.8, 4) is 5.75 Å². The first-order valence-corrected chi connectivity index (χ1v) is 5.73. The van der Waals surface area contributed by atoms with Gasteiger partial charge in [0.2, 0.25) is 0 Å². The van der Waals surface area contributed by atoms with E-state index in [9.17, 15) is 4.79 Å². The van der Waals surface area contributed by atoms with E-state index in [2.05, 4.69) is 0 Å². The predicted molar refractivity (Wildman–Crippen MR) is 72.3 cm³/mol. The number of ether oxygens (including phenoxy) is 1. The molecule has 0 amide bonds. The zero-order valence-electron chi connectivity index (χ0n) is 9.81. The average molecular weight is 262 g/mol. The Morgan fingerprint density at radius 3 is 2.50 bits per heavy atom. The zero-order chi connectivity index (χ0) is 13.1. The van der Waals surface area contributed by atoms with Gasteiger partial charge in [-0.2, -0.15) is 0 Å². The Morgan fingerprint density at radius 1 is 1.17 bits per heavy atom. The lowest BCUT2D eigenvalue weighted by molar-refractivity contribution is 0.103. The van der Waals surface area contributed by atoms with Crippen molar-refractivity contribution in [2.24, 2.45) is 0 Å². The molecule has 3 nitrogen and oxygen atoms in total. The van der Waals surface area contributed by atoms with Crippen molar-refractivity contribution in [1.29, 1.82) is 0 Å². The summed E-state index contributed by atoms with van der Waals surface area (Å²) in [4.78, 5) is 12.2. The van der Waals surface area contributed by atoms with Gasteiger partial charge in [-0.05, 0) is 30.3 Å². The summed E-state index contributed by atoms with van der Waals surface area (Å²) in [5.74, 6) is 0.424. The van der Waals surface area contributed by atoms with Crippen LogP contribution in [0, 0.1) is 0 Å².